The van der Waals surface area contributed by atoms with E-state index in [-0.39, 0.29) is 31.9 Å². The quantitative estimate of drug-likeness (QED) is 0.161. The number of amides is 2. The van der Waals surface area contributed by atoms with Crippen molar-refractivity contribution >= 4 is 45.0 Å². The predicted molar refractivity (Wildman–Crippen MR) is 178 cm³/mol. The first kappa shape index (κ1) is 35.2. The van der Waals surface area contributed by atoms with E-state index in [0.29, 0.717) is 26.4 Å². The highest BCUT2D eigenvalue weighted by atomic mass is 35.5. The minimum absolute atomic E-state index is 0.00748. The number of nitrogens with one attached hydrogen (secondary N) is 2. The number of thiophene rings is 1. The van der Waals surface area contributed by atoms with Crippen LogP contribution in [0.1, 0.15) is 47.3 Å². The molecule has 2 amide bonds. The van der Waals surface area contributed by atoms with Gasteiger partial charge in [-0.3, -0.25) is 9.78 Å². The molecule has 1 aliphatic rings. The monoisotopic (exact) mass is 672 g/mol. The van der Waals surface area contributed by atoms with Crippen molar-refractivity contribution in [3.63, 3.8) is 0 Å². The molecule has 5 rings (SSSR count). The van der Waals surface area contributed by atoms with Gasteiger partial charge in [-0.2, -0.15) is 0 Å². The van der Waals surface area contributed by atoms with Gasteiger partial charge in [-0.05, 0) is 60.8 Å². The van der Waals surface area contributed by atoms with Crippen LogP contribution in [0.2, 0.25) is 5.02 Å². The average Bonchev–Trinajstić information content (AvgIpc) is 3.45. The molecule has 2 aromatic carbocycles. The average molecular weight is 673 g/mol. The zero-order valence-electron chi connectivity index (χ0n) is 26.0. The third-order valence-corrected chi connectivity index (χ3v) is 9.26. The fourth-order valence-corrected chi connectivity index (χ4v) is 6.75. The number of pyridine rings is 1. The van der Waals surface area contributed by atoms with Gasteiger partial charge in [0.25, 0.3) is 5.91 Å². The maximum absolute atomic E-state index is 14.4. The third kappa shape index (κ3) is 9.45. The summed E-state index contributed by atoms with van der Waals surface area (Å²) in [5.41, 5.74) is 3.00. The molecule has 0 aliphatic heterocycles. The minimum atomic E-state index is -0.620. The molecule has 4 aromatic rings. The second-order valence-corrected chi connectivity index (χ2v) is 12.1. The van der Waals surface area contributed by atoms with Crippen molar-refractivity contribution in [3.8, 4) is 11.1 Å². The number of alkyl carbamates (subject to hydrolysis) is 1. The predicted octanol–water partition coefficient (Wildman–Crippen LogP) is 7.45. The molecule has 0 bridgehead atoms. The lowest BCUT2D eigenvalue weighted by Crippen LogP contribution is -2.40. The van der Waals surface area contributed by atoms with Crippen molar-refractivity contribution < 1.29 is 27.8 Å². The number of rotatable bonds is 11. The Bertz CT molecular complexity index is 1580. The van der Waals surface area contributed by atoms with Gasteiger partial charge in [-0.1, -0.05) is 55.1 Å². The van der Waals surface area contributed by atoms with Gasteiger partial charge in [0.05, 0.1) is 28.3 Å². The Morgan fingerprint density at radius 1 is 1.00 bits per heavy atom. The van der Waals surface area contributed by atoms with Gasteiger partial charge in [0, 0.05) is 38.6 Å². The summed E-state index contributed by atoms with van der Waals surface area (Å²) in [5, 5.41) is 5.25. The highest BCUT2D eigenvalue weighted by Gasteiger charge is 2.31. The second-order valence-electron chi connectivity index (χ2n) is 10.7. The molecular weight excluding hydrogens is 634 g/mol. The fraction of sp³-hybridized carbons (Fsp3) is 0.382. The summed E-state index contributed by atoms with van der Waals surface area (Å²) in [6.07, 6.45) is 8.17. The van der Waals surface area contributed by atoms with Gasteiger partial charge in [0.15, 0.2) is 0 Å². The topological polar surface area (TPSA) is 92.8 Å². The van der Waals surface area contributed by atoms with Crippen molar-refractivity contribution in [1.82, 2.24) is 20.5 Å². The van der Waals surface area contributed by atoms with Crippen molar-refractivity contribution in [3.05, 3.63) is 88.0 Å². The van der Waals surface area contributed by atoms with Crippen LogP contribution in [0.5, 0.6) is 0 Å². The molecule has 1 aliphatic carbocycles. The van der Waals surface area contributed by atoms with Crippen molar-refractivity contribution in [2.75, 3.05) is 40.5 Å². The molecule has 0 saturated heterocycles. The number of ether oxygens (including phenoxy) is 2. The maximum atomic E-state index is 14.4. The van der Waals surface area contributed by atoms with Crippen LogP contribution in [-0.2, 0) is 16.0 Å². The number of carbonyl (C=O) groups excluding carboxylic acids is 2. The van der Waals surface area contributed by atoms with E-state index < -0.39 is 17.7 Å². The van der Waals surface area contributed by atoms with Gasteiger partial charge in [-0.15, -0.1) is 11.3 Å². The van der Waals surface area contributed by atoms with E-state index in [1.54, 1.807) is 6.20 Å². The van der Waals surface area contributed by atoms with E-state index in [9.17, 15) is 18.4 Å². The van der Waals surface area contributed by atoms with Gasteiger partial charge >= 0.3 is 6.09 Å². The number of carbonyl (C=O) groups is 2. The number of benzene rings is 2. The first-order valence-electron chi connectivity index (χ1n) is 15.3. The lowest BCUT2D eigenvalue weighted by molar-refractivity contribution is 0.0619. The molecule has 8 nitrogen and oxygen atoms in total. The zero-order valence-corrected chi connectivity index (χ0v) is 27.6. The van der Waals surface area contributed by atoms with Crippen molar-refractivity contribution in [2.24, 2.45) is 0 Å². The van der Waals surface area contributed by atoms with Crippen LogP contribution in [-0.4, -0.2) is 68.4 Å². The number of likely N-dealkylation sites (N-methyl/N-ethyl adjacent to an activating group) is 1. The zero-order chi connectivity index (χ0) is 32.9. The third-order valence-electron chi connectivity index (χ3n) is 7.59. The van der Waals surface area contributed by atoms with E-state index in [2.05, 4.69) is 26.4 Å². The summed E-state index contributed by atoms with van der Waals surface area (Å²) in [6, 6.07) is 14.1. The number of hydrogen-bond donors (Lipinski definition) is 2. The van der Waals surface area contributed by atoms with Crippen molar-refractivity contribution in [1.29, 1.82) is 0 Å². The Morgan fingerprint density at radius 3 is 2.46 bits per heavy atom. The summed E-state index contributed by atoms with van der Waals surface area (Å²) in [7, 11) is 3.37. The van der Waals surface area contributed by atoms with E-state index in [1.165, 1.54) is 7.05 Å². The Labute approximate surface area is 277 Å². The molecule has 2 N–H and O–H groups in total. The van der Waals surface area contributed by atoms with Crippen LogP contribution in [0, 0.1) is 11.6 Å². The molecule has 2 aromatic heterocycles. The van der Waals surface area contributed by atoms with E-state index >= 15 is 0 Å². The molecule has 246 valence electrons. The molecule has 0 radical (unpaired) electrons. The fourth-order valence-electron chi connectivity index (χ4n) is 5.25. The van der Waals surface area contributed by atoms with Gasteiger partial charge in [0.2, 0.25) is 0 Å². The van der Waals surface area contributed by atoms with Crippen LogP contribution in [0.15, 0.2) is 60.9 Å². The number of fused-ring (bicyclic) bond motifs is 1. The highest BCUT2D eigenvalue weighted by Crippen LogP contribution is 2.40. The van der Waals surface area contributed by atoms with Gasteiger partial charge < -0.3 is 25.0 Å². The number of nitrogens with zero attached hydrogens (tertiary/aromatic N) is 2. The van der Waals surface area contributed by atoms with Crippen LogP contribution in [0.25, 0.3) is 21.2 Å². The molecule has 1 saturated carbocycles. The molecule has 0 unspecified atom stereocenters. The summed E-state index contributed by atoms with van der Waals surface area (Å²) in [4.78, 5) is 30.5. The van der Waals surface area contributed by atoms with Crippen LogP contribution >= 0.6 is 22.9 Å². The summed E-state index contributed by atoms with van der Waals surface area (Å²) >= 11 is 7.40. The molecular formula is C34H39ClF2N4O4S. The molecule has 0 spiro atoms. The van der Waals surface area contributed by atoms with Gasteiger partial charge in [-0.25, -0.2) is 13.6 Å². The molecule has 0 atom stereocenters. The number of halogens is 3. The molecule has 12 heteroatoms. The Hall–Kier alpha value is -3.64. The van der Waals surface area contributed by atoms with Crippen LogP contribution < -0.4 is 10.6 Å². The van der Waals surface area contributed by atoms with Crippen molar-refractivity contribution in [2.45, 2.75) is 44.7 Å². The first-order valence-corrected chi connectivity index (χ1v) is 16.5. The van der Waals surface area contributed by atoms with E-state index in [0.717, 1.165) is 78.8 Å². The largest absolute Gasteiger partial charge is 0.447 e. The Morgan fingerprint density at radius 2 is 1.76 bits per heavy atom. The first-order chi connectivity index (χ1) is 22.3. The van der Waals surface area contributed by atoms with E-state index in [1.807, 2.05) is 48.5 Å². The Balaban J connectivity index is 0.000000342. The van der Waals surface area contributed by atoms with Gasteiger partial charge in [0.1, 0.15) is 23.1 Å². The summed E-state index contributed by atoms with van der Waals surface area (Å²) < 4.78 is 38.7. The lowest BCUT2D eigenvalue weighted by Gasteiger charge is -2.34. The standard InChI is InChI=1S/C27H23ClF2N2OS.C7H16N2O3/c28-24-23-21(29)11-12-22(30)25(23)34-26(24)27(33)32(20-9-2-1-3-10-20)16-17-6-4-7-18(14-17)19-8-5-13-31-15-19;1-8-3-4-11-5-6-12-7(10)9-2/h4-8,11-15,20H,1-3,9-10,16H2;8H,3-6H2,1-2H3,(H,9,10). The maximum Gasteiger partial charge on any atom is 0.406 e. The SMILES string of the molecule is CNCCOCCOC(=O)NC.O=C(c1sc2c(F)ccc(F)c2c1Cl)N(Cc1cccc(-c2cccnc2)c1)C1CCCCC1. The minimum Gasteiger partial charge on any atom is -0.447 e. The second kappa shape index (κ2) is 17.9. The molecule has 1 fully saturated rings. The molecule has 2 heterocycles. The number of aromatic nitrogens is 1. The smallest absolute Gasteiger partial charge is 0.406 e. The summed E-state index contributed by atoms with van der Waals surface area (Å²) in [6.45, 7) is 2.57. The van der Waals surface area contributed by atoms with Crippen LogP contribution in [0.4, 0.5) is 13.6 Å². The Kier molecular flexibility index (Phi) is 13.7. The highest BCUT2D eigenvalue weighted by molar-refractivity contribution is 7.21. The number of hydrogen-bond acceptors (Lipinski definition) is 7. The van der Waals surface area contributed by atoms with E-state index in [4.69, 9.17) is 16.3 Å². The van der Waals surface area contributed by atoms with Crippen LogP contribution in [0.3, 0.4) is 0 Å². The molecule has 46 heavy (non-hydrogen) atoms. The lowest BCUT2D eigenvalue weighted by atomic mass is 9.93. The summed E-state index contributed by atoms with van der Waals surface area (Å²) in [5.74, 6) is -1.47. The normalized spacial score (nSPS) is 13.2.